The average Bonchev–Trinajstić information content (AvgIpc) is 3.45. The van der Waals surface area contributed by atoms with Gasteiger partial charge in [-0.2, -0.15) is 0 Å². The molecule has 3 aliphatic rings. The van der Waals surface area contributed by atoms with Crippen LogP contribution in [-0.4, -0.2) is 169 Å². The summed E-state index contributed by atoms with van der Waals surface area (Å²) in [6.45, 7) is 6.58. The van der Waals surface area contributed by atoms with E-state index in [9.17, 15) is 50.8 Å². The number of aliphatic hydroxyl groups excluding tert-OH is 6. The van der Waals surface area contributed by atoms with E-state index in [4.69, 9.17) is 41.9 Å². The van der Waals surface area contributed by atoms with Crippen LogP contribution >= 0.6 is 0 Å². The van der Waals surface area contributed by atoms with Crippen LogP contribution < -0.4 is 28.3 Å². The Hall–Kier alpha value is -4.75. The van der Waals surface area contributed by atoms with Crippen molar-refractivity contribution in [1.82, 2.24) is 5.32 Å². The third kappa shape index (κ3) is 10.6. The lowest BCUT2D eigenvalue weighted by Crippen LogP contribution is -2.66. The van der Waals surface area contributed by atoms with Crippen molar-refractivity contribution in [2.45, 2.75) is 111 Å². The van der Waals surface area contributed by atoms with Crippen molar-refractivity contribution < 1.29 is 69.7 Å². The van der Waals surface area contributed by atoms with Crippen LogP contribution in [0.3, 0.4) is 0 Å². The van der Waals surface area contributed by atoms with E-state index in [-0.39, 0.29) is 23.2 Å². The zero-order valence-corrected chi connectivity index (χ0v) is 33.2. The molecule has 0 spiro atoms. The van der Waals surface area contributed by atoms with Gasteiger partial charge in [0.25, 0.3) is 0 Å². The molecule has 332 valence electrons. The maximum Gasteiger partial charge on any atom is 0.188 e. The molecular weight excluding hydrogens is 790 g/mol. The number of aliphatic imine (C=N–C) groups is 2. The molecule has 2 aromatic rings. The Kier molecular flexibility index (Phi) is 16.1. The summed E-state index contributed by atoms with van der Waals surface area (Å²) in [5, 5.41) is 95.3. The van der Waals surface area contributed by atoms with Gasteiger partial charge in [-0.05, 0) is 56.3 Å². The van der Waals surface area contributed by atoms with Crippen molar-refractivity contribution in [1.29, 1.82) is 0 Å². The largest absolute Gasteiger partial charge is 0.508 e. The molecule has 21 nitrogen and oxygen atoms in total. The SMILES string of the molecule is C=CC(C)(/C=C\c1ccc(O)cc1)c1ccc(O)cc1.CN[C@@H]1[C@H](O[C@H]2[C@H](O[C@H]3[C@H](O)[C@@H](O)[C@H](N=C(N)N)[C@@H](O)[C@@H]3N=C(N)N)O[C@@H](C)[C@]2(O)C=O)O[C@@H](CO)[C@H](O)[C@H]1O. The lowest BCUT2D eigenvalue weighted by molar-refractivity contribution is -0.314. The number of nitrogens with two attached hydrogens (primary N) is 4. The van der Waals surface area contributed by atoms with Gasteiger partial charge >= 0.3 is 0 Å². The highest BCUT2D eigenvalue weighted by molar-refractivity contribution is 5.76. The summed E-state index contributed by atoms with van der Waals surface area (Å²) in [6, 6.07) is 10.1. The first-order valence-corrected chi connectivity index (χ1v) is 18.8. The monoisotopic (exact) mass is 847 g/mol. The van der Waals surface area contributed by atoms with E-state index in [0.29, 0.717) is 0 Å². The Morgan fingerprint density at radius 2 is 1.42 bits per heavy atom. The third-order valence-corrected chi connectivity index (χ3v) is 10.8. The first kappa shape index (κ1) is 47.9. The Balaban J connectivity index is 0.000000331. The van der Waals surface area contributed by atoms with Crippen LogP contribution in [0.25, 0.3) is 6.08 Å². The van der Waals surface area contributed by atoms with Crippen molar-refractivity contribution in [2.75, 3.05) is 13.7 Å². The Bertz CT molecular complexity index is 1810. The van der Waals surface area contributed by atoms with E-state index in [1.54, 1.807) is 24.3 Å². The molecule has 2 heterocycles. The predicted molar refractivity (Wildman–Crippen MR) is 216 cm³/mol. The Morgan fingerprint density at radius 1 is 0.850 bits per heavy atom. The van der Waals surface area contributed by atoms with Crippen LogP contribution in [-0.2, 0) is 29.2 Å². The van der Waals surface area contributed by atoms with Gasteiger partial charge in [-0.15, -0.1) is 6.58 Å². The summed E-state index contributed by atoms with van der Waals surface area (Å²) >= 11 is 0. The smallest absolute Gasteiger partial charge is 0.188 e. The Labute approximate surface area is 345 Å². The molecule has 18 N–H and O–H groups in total. The zero-order chi connectivity index (χ0) is 44.7. The first-order chi connectivity index (χ1) is 28.2. The van der Waals surface area contributed by atoms with Crippen LogP contribution in [0.2, 0.25) is 0 Å². The standard InChI is InChI=1S/C21H39N7O12.C18H18O2/c1-5-21(36,4-30)16(40-17-9(26-2)13(34)10(31)6(3-29)38-17)18(37-5)39-15-8(28-20(24)25)11(32)7(27-19(22)23)12(33)14(15)35;1-3-18(2,15-6-10-17(20)11-7-15)13-12-14-4-8-16(19)9-5-14/h4-18,26,29,31-36H,3H2,1-2H3,(H4,22,23,27)(H4,24,25,28);3-13,19-20H,1H2,2H3/b;13-12-/t5-,6-,7+,8-,9-,10-,11+,12-,13-,14+,15+,16-,17-,18-,21+;/m0./s1. The zero-order valence-electron chi connectivity index (χ0n) is 33.2. The number of nitrogens with zero attached hydrogens (tertiary/aromatic N) is 2. The highest BCUT2D eigenvalue weighted by Gasteiger charge is 2.61. The number of carbonyl (C=O) groups is 1. The van der Waals surface area contributed by atoms with Crippen molar-refractivity contribution >= 4 is 24.3 Å². The molecule has 16 atom stereocenters. The maximum absolute atomic E-state index is 12.1. The fourth-order valence-corrected chi connectivity index (χ4v) is 7.04. The number of hydrogen-bond donors (Lipinski definition) is 14. The van der Waals surface area contributed by atoms with Crippen molar-refractivity contribution in [3.8, 4) is 11.5 Å². The number of ether oxygens (including phenoxy) is 4. The summed E-state index contributed by atoms with van der Waals surface area (Å²) in [4.78, 5) is 19.7. The maximum atomic E-state index is 12.1. The van der Waals surface area contributed by atoms with E-state index in [0.717, 1.165) is 11.1 Å². The van der Waals surface area contributed by atoms with E-state index in [1.807, 2.05) is 36.4 Å². The van der Waals surface area contributed by atoms with Crippen LogP contribution in [0, 0.1) is 0 Å². The van der Waals surface area contributed by atoms with Crippen molar-refractivity contribution in [3.63, 3.8) is 0 Å². The first-order valence-electron chi connectivity index (χ1n) is 18.8. The molecule has 0 aromatic heterocycles. The average molecular weight is 848 g/mol. The number of hydrogen-bond acceptors (Lipinski definition) is 17. The number of rotatable bonds is 13. The summed E-state index contributed by atoms with van der Waals surface area (Å²) in [5.41, 5.74) is 21.1. The normalized spacial score (nSPS) is 36.3. The molecule has 2 saturated heterocycles. The summed E-state index contributed by atoms with van der Waals surface area (Å²) < 4.78 is 22.9. The number of aliphatic hydroxyl groups is 7. The number of nitrogens with one attached hydrogen (secondary N) is 1. The van der Waals surface area contributed by atoms with Gasteiger partial charge in [-0.25, -0.2) is 9.98 Å². The van der Waals surface area contributed by atoms with Gasteiger partial charge in [0, 0.05) is 5.41 Å². The minimum Gasteiger partial charge on any atom is -0.508 e. The number of aldehydes is 1. The fourth-order valence-electron chi connectivity index (χ4n) is 7.04. The molecule has 0 amide bonds. The Morgan fingerprint density at radius 3 is 1.93 bits per heavy atom. The van der Waals surface area contributed by atoms with E-state index >= 15 is 0 Å². The molecule has 3 fully saturated rings. The molecule has 21 heteroatoms. The minimum atomic E-state index is -2.38. The lowest BCUT2D eigenvalue weighted by atomic mass is 9.81. The van der Waals surface area contributed by atoms with Gasteiger partial charge in [0.05, 0.1) is 18.8 Å². The molecule has 0 bridgehead atoms. The summed E-state index contributed by atoms with van der Waals surface area (Å²) in [7, 11) is 1.42. The second kappa shape index (κ2) is 20.2. The summed E-state index contributed by atoms with van der Waals surface area (Å²) in [6.07, 6.45) is -11.4. The van der Waals surface area contributed by atoms with E-state index in [2.05, 4.69) is 34.9 Å². The van der Waals surface area contributed by atoms with Gasteiger partial charge in [-0.3, -0.25) is 4.79 Å². The second-order valence-corrected chi connectivity index (χ2v) is 14.8. The molecule has 60 heavy (non-hydrogen) atoms. The molecule has 1 unspecified atom stereocenters. The highest BCUT2D eigenvalue weighted by Crippen LogP contribution is 2.39. The molecular formula is C39H57N7O14. The minimum absolute atomic E-state index is 0.140. The number of phenols is 2. The number of likely N-dealkylation sites (N-methyl/N-ethyl adjacent to an activating group) is 1. The van der Waals surface area contributed by atoms with Gasteiger partial charge < -0.3 is 93.2 Å². The van der Waals surface area contributed by atoms with Gasteiger partial charge in [0.1, 0.15) is 72.4 Å². The topological polar surface area (TPSA) is 377 Å². The third-order valence-electron chi connectivity index (χ3n) is 10.8. The van der Waals surface area contributed by atoms with Crippen LogP contribution in [0.5, 0.6) is 11.5 Å². The van der Waals surface area contributed by atoms with Crippen molar-refractivity contribution in [3.05, 3.63) is 78.4 Å². The van der Waals surface area contributed by atoms with Gasteiger partial charge in [-0.1, -0.05) is 42.5 Å². The number of carbonyl (C=O) groups excluding carboxylic acids is 1. The fraction of sp³-hybridized carbons (Fsp3) is 0.513. The number of phenolic OH excluding ortho intramolecular Hbond substituents is 2. The lowest BCUT2D eigenvalue weighted by Gasteiger charge is -2.45. The molecule has 2 aromatic carbocycles. The van der Waals surface area contributed by atoms with E-state index < -0.39 is 110 Å². The number of guanidine groups is 2. The molecule has 2 aliphatic heterocycles. The highest BCUT2D eigenvalue weighted by atomic mass is 16.8. The number of aromatic hydroxyl groups is 2. The predicted octanol–water partition coefficient (Wildman–Crippen LogP) is -3.91. The van der Waals surface area contributed by atoms with Crippen LogP contribution in [0.15, 0.2) is 77.2 Å². The molecule has 5 rings (SSSR count). The summed E-state index contributed by atoms with van der Waals surface area (Å²) in [5.74, 6) is -0.525. The van der Waals surface area contributed by atoms with Gasteiger partial charge in [0.2, 0.25) is 0 Å². The number of benzene rings is 2. The van der Waals surface area contributed by atoms with Crippen LogP contribution in [0.1, 0.15) is 25.0 Å². The number of allylic oxidation sites excluding steroid dienone is 2. The molecule has 0 radical (unpaired) electrons. The van der Waals surface area contributed by atoms with E-state index in [1.165, 1.54) is 14.0 Å². The second-order valence-electron chi connectivity index (χ2n) is 14.8. The quantitative estimate of drug-likeness (QED) is 0.0396. The molecule has 1 aliphatic carbocycles. The van der Waals surface area contributed by atoms with Gasteiger partial charge in [0.15, 0.2) is 36.4 Å². The molecule has 1 saturated carbocycles. The van der Waals surface area contributed by atoms with Crippen molar-refractivity contribution in [2.24, 2.45) is 32.9 Å². The van der Waals surface area contributed by atoms with Crippen LogP contribution in [0.4, 0.5) is 0 Å².